The molecule has 3 nitrogen and oxygen atoms in total. The fraction of sp³-hybridized carbons (Fsp3) is 0.357. The Morgan fingerprint density at radius 3 is 2.94 bits per heavy atom. The summed E-state index contributed by atoms with van der Waals surface area (Å²) >= 11 is 0.634. The molecule has 0 spiro atoms. The Morgan fingerprint density at radius 2 is 2.06 bits per heavy atom. The topological polar surface area (TPSA) is 39.4 Å². The second-order valence-corrected chi connectivity index (χ2v) is 8.80. The van der Waals surface area contributed by atoms with Gasteiger partial charge in [-0.3, -0.25) is 0 Å². The van der Waals surface area contributed by atoms with Crippen molar-refractivity contribution in [2.45, 2.75) is 28.3 Å². The Balaban J connectivity index is 2.10. The van der Waals surface area contributed by atoms with Crippen LogP contribution in [-0.4, -0.2) is 6.10 Å². The van der Waals surface area contributed by atoms with Gasteiger partial charge in [0.1, 0.15) is 0 Å². The number of benzene rings is 1. The summed E-state index contributed by atoms with van der Waals surface area (Å²) < 4.78 is 12.2. The third kappa shape index (κ3) is 1.37. The molecule has 2 aromatic rings. The van der Waals surface area contributed by atoms with Gasteiger partial charge in [-0.15, -0.1) is 0 Å². The molecule has 2 aliphatic rings. The van der Waals surface area contributed by atoms with Gasteiger partial charge in [-0.25, -0.2) is 0 Å². The predicted molar refractivity (Wildman–Crippen MR) is 62.6 cm³/mol. The van der Waals surface area contributed by atoms with E-state index in [9.17, 15) is 4.79 Å². The SMILES string of the molecule is O=c1oc2ccccc2c2c1[C@@H]1CC[C@H](O2)[C@H]1[Hg]. The molecule has 0 N–H and O–H groups in total. The van der Waals surface area contributed by atoms with E-state index >= 15 is 0 Å². The number of fused-ring (bicyclic) bond motifs is 6. The van der Waals surface area contributed by atoms with Crippen LogP contribution in [0.1, 0.15) is 24.3 Å². The molecular weight excluding hydrogens is 417 g/mol. The molecule has 4 rings (SSSR count). The van der Waals surface area contributed by atoms with E-state index in [-0.39, 0.29) is 5.63 Å². The van der Waals surface area contributed by atoms with Crippen molar-refractivity contribution < 1.29 is 35.3 Å². The van der Waals surface area contributed by atoms with E-state index in [0.717, 1.165) is 29.5 Å². The monoisotopic (exact) mass is 429 g/mol. The van der Waals surface area contributed by atoms with Crippen molar-refractivity contribution in [3.05, 3.63) is 40.2 Å². The summed E-state index contributed by atoms with van der Waals surface area (Å²) in [5.74, 6) is 1.19. The Morgan fingerprint density at radius 1 is 1.22 bits per heavy atom. The van der Waals surface area contributed by atoms with Gasteiger partial charge in [-0.1, -0.05) is 0 Å². The van der Waals surface area contributed by atoms with Crippen LogP contribution >= 0.6 is 0 Å². The first kappa shape index (κ1) is 11.0. The first-order valence-electron chi connectivity index (χ1n) is 6.31. The Kier molecular flexibility index (Phi) is 2.35. The van der Waals surface area contributed by atoms with Crippen molar-refractivity contribution in [3.8, 4) is 5.75 Å². The molecule has 3 atom stereocenters. The zero-order chi connectivity index (χ0) is 12.3. The number of para-hydroxylation sites is 1. The molecule has 1 saturated carbocycles. The van der Waals surface area contributed by atoms with Gasteiger partial charge >= 0.3 is 121 Å². The molecule has 1 aliphatic carbocycles. The van der Waals surface area contributed by atoms with Crippen molar-refractivity contribution in [2.75, 3.05) is 0 Å². The van der Waals surface area contributed by atoms with Crippen LogP contribution < -0.4 is 10.4 Å². The summed E-state index contributed by atoms with van der Waals surface area (Å²) in [6.45, 7) is 0. The summed E-state index contributed by atoms with van der Waals surface area (Å²) in [5.41, 5.74) is 1.25. The third-order valence-electron chi connectivity index (χ3n) is 4.20. The molecule has 1 aromatic heterocycles. The first-order valence-corrected chi connectivity index (χ1v) is 9.48. The molecule has 2 bridgehead atoms. The van der Waals surface area contributed by atoms with Crippen LogP contribution in [0, 0.1) is 0 Å². The average Bonchev–Trinajstić information content (AvgIpc) is 2.63. The van der Waals surface area contributed by atoms with Gasteiger partial charge in [-0.2, -0.15) is 0 Å². The van der Waals surface area contributed by atoms with Gasteiger partial charge in [0.15, 0.2) is 0 Å². The maximum atomic E-state index is 12.2. The number of ether oxygens (including phenoxy) is 1. The van der Waals surface area contributed by atoms with Crippen LogP contribution in [0.15, 0.2) is 33.5 Å². The van der Waals surface area contributed by atoms with E-state index in [2.05, 4.69) is 0 Å². The van der Waals surface area contributed by atoms with Crippen LogP contribution in [0.2, 0.25) is 3.43 Å². The molecule has 0 amide bonds. The van der Waals surface area contributed by atoms with Gasteiger partial charge in [0.05, 0.1) is 0 Å². The van der Waals surface area contributed by atoms with Crippen LogP contribution in [0.3, 0.4) is 0 Å². The molecule has 1 aliphatic heterocycles. The molecule has 0 radical (unpaired) electrons. The van der Waals surface area contributed by atoms with E-state index in [1.807, 2.05) is 24.3 Å². The minimum absolute atomic E-state index is 0.190. The van der Waals surface area contributed by atoms with Crippen LogP contribution in [0.25, 0.3) is 11.0 Å². The summed E-state index contributed by atoms with van der Waals surface area (Å²) in [5, 5.41) is 0.948. The molecule has 2 heterocycles. The fourth-order valence-electron chi connectivity index (χ4n) is 3.27. The molecule has 1 fully saturated rings. The number of hydrogen-bond acceptors (Lipinski definition) is 3. The molecule has 4 heteroatoms. The average molecular weight is 428 g/mol. The second kappa shape index (κ2) is 3.83. The molecule has 1 aromatic carbocycles. The summed E-state index contributed by atoms with van der Waals surface area (Å²) in [6.07, 6.45) is 2.51. The minimum atomic E-state index is -0.190. The summed E-state index contributed by atoms with van der Waals surface area (Å²) in [6, 6.07) is 7.66. The Labute approximate surface area is 120 Å². The van der Waals surface area contributed by atoms with Crippen LogP contribution in [0.4, 0.5) is 0 Å². The quantitative estimate of drug-likeness (QED) is 0.479. The summed E-state index contributed by atoms with van der Waals surface area (Å²) in [7, 11) is 0. The van der Waals surface area contributed by atoms with Crippen molar-refractivity contribution in [2.24, 2.45) is 0 Å². The Bertz CT molecular complexity index is 691. The second-order valence-electron chi connectivity index (χ2n) is 5.13. The molecular formula is C14H11HgO3. The van der Waals surface area contributed by atoms with Crippen LogP contribution in [-0.2, 0) is 26.1 Å². The molecule has 0 unspecified atom stereocenters. The van der Waals surface area contributed by atoms with E-state index < -0.39 is 0 Å². The van der Waals surface area contributed by atoms with Crippen molar-refractivity contribution >= 4 is 11.0 Å². The van der Waals surface area contributed by atoms with Gasteiger partial charge < -0.3 is 0 Å². The summed E-state index contributed by atoms with van der Waals surface area (Å²) in [4.78, 5) is 12.2. The zero-order valence-electron chi connectivity index (χ0n) is 9.89. The third-order valence-corrected chi connectivity index (χ3v) is 8.45. The van der Waals surface area contributed by atoms with Crippen molar-refractivity contribution in [1.29, 1.82) is 0 Å². The van der Waals surface area contributed by atoms with Gasteiger partial charge in [0.25, 0.3) is 0 Å². The first-order chi connectivity index (χ1) is 8.75. The number of hydrogen-bond donors (Lipinski definition) is 0. The van der Waals surface area contributed by atoms with Crippen molar-refractivity contribution in [1.82, 2.24) is 0 Å². The van der Waals surface area contributed by atoms with E-state index in [4.69, 9.17) is 9.15 Å². The molecule has 18 heavy (non-hydrogen) atoms. The van der Waals surface area contributed by atoms with E-state index in [1.54, 1.807) is 0 Å². The fourth-order valence-corrected chi connectivity index (χ4v) is 6.39. The zero-order valence-corrected chi connectivity index (χ0v) is 15.4. The van der Waals surface area contributed by atoms with Gasteiger partial charge in [0, 0.05) is 0 Å². The normalized spacial score (nSPS) is 29.1. The van der Waals surface area contributed by atoms with E-state index in [0.29, 0.717) is 47.2 Å². The number of rotatable bonds is 0. The Hall–Kier alpha value is -0.835. The molecule has 87 valence electrons. The van der Waals surface area contributed by atoms with Crippen molar-refractivity contribution in [3.63, 3.8) is 0 Å². The van der Waals surface area contributed by atoms with Gasteiger partial charge in [-0.05, 0) is 0 Å². The standard InChI is InChI=1S/C14H11O3.Hg/c15-14-12-8-5-6-9(7-8)16-13(12)10-3-1-2-4-11(10)17-14;/h1-4,7-9H,5-6H2;/t8-,9+;/m1./s1. The van der Waals surface area contributed by atoms with E-state index in [1.165, 1.54) is 0 Å². The predicted octanol–water partition coefficient (Wildman–Crippen LogP) is 2.77. The molecule has 0 saturated heterocycles. The maximum absolute atomic E-state index is 12.2. The van der Waals surface area contributed by atoms with Crippen LogP contribution in [0.5, 0.6) is 5.75 Å². The van der Waals surface area contributed by atoms with Gasteiger partial charge in [0.2, 0.25) is 0 Å².